The molecule has 0 saturated carbocycles. The average molecular weight is 230 g/mol. The molecule has 17 heavy (non-hydrogen) atoms. The fraction of sp³-hybridized carbons (Fsp3) is 0.231. The van der Waals surface area contributed by atoms with Crippen LogP contribution in [0.4, 0.5) is 0 Å². The zero-order chi connectivity index (χ0) is 12.4. The Balaban J connectivity index is 2.25. The maximum Gasteiger partial charge on any atom is 0.356 e. The SMILES string of the molecule is Cc1ccc(C)c(Cn2ccc(C(=O)O)n2)c1. The molecule has 0 saturated heterocycles. The lowest BCUT2D eigenvalue weighted by Gasteiger charge is -2.07. The van der Waals surface area contributed by atoms with Gasteiger partial charge in [0.2, 0.25) is 0 Å². The Labute approximate surface area is 99.5 Å². The Kier molecular flexibility index (Phi) is 2.95. The van der Waals surface area contributed by atoms with E-state index in [1.54, 1.807) is 10.9 Å². The predicted molar refractivity (Wildman–Crippen MR) is 64.2 cm³/mol. The Morgan fingerprint density at radius 1 is 1.35 bits per heavy atom. The van der Waals surface area contributed by atoms with E-state index in [0.717, 1.165) is 5.56 Å². The van der Waals surface area contributed by atoms with Crippen LogP contribution in [0.3, 0.4) is 0 Å². The van der Waals surface area contributed by atoms with Crippen molar-refractivity contribution in [3.8, 4) is 0 Å². The topological polar surface area (TPSA) is 55.1 Å². The van der Waals surface area contributed by atoms with Crippen LogP contribution in [0.2, 0.25) is 0 Å². The summed E-state index contributed by atoms with van der Waals surface area (Å²) in [5.41, 5.74) is 3.61. The van der Waals surface area contributed by atoms with Crippen molar-refractivity contribution >= 4 is 5.97 Å². The minimum atomic E-state index is -0.996. The fourth-order valence-corrected chi connectivity index (χ4v) is 1.71. The van der Waals surface area contributed by atoms with E-state index in [4.69, 9.17) is 5.11 Å². The van der Waals surface area contributed by atoms with E-state index in [2.05, 4.69) is 23.3 Å². The molecule has 1 N–H and O–H groups in total. The lowest BCUT2D eigenvalue weighted by molar-refractivity contribution is 0.0689. The number of hydrogen-bond donors (Lipinski definition) is 1. The van der Waals surface area contributed by atoms with Gasteiger partial charge in [-0.3, -0.25) is 4.68 Å². The molecule has 2 rings (SSSR count). The van der Waals surface area contributed by atoms with Crippen LogP contribution in [0.25, 0.3) is 0 Å². The number of carboxylic acids is 1. The molecule has 0 atom stereocenters. The monoisotopic (exact) mass is 230 g/mol. The number of nitrogens with zero attached hydrogens (tertiary/aromatic N) is 2. The molecule has 0 fully saturated rings. The van der Waals surface area contributed by atoms with Crippen molar-refractivity contribution in [2.45, 2.75) is 20.4 Å². The third-order valence-electron chi connectivity index (χ3n) is 2.70. The first-order chi connectivity index (χ1) is 8.06. The molecule has 0 aliphatic carbocycles. The number of carbonyl (C=O) groups is 1. The molecule has 0 unspecified atom stereocenters. The highest BCUT2D eigenvalue weighted by atomic mass is 16.4. The molecular weight excluding hydrogens is 216 g/mol. The molecule has 0 aliphatic rings. The highest BCUT2D eigenvalue weighted by Gasteiger charge is 2.07. The maximum absolute atomic E-state index is 10.7. The number of aryl methyl sites for hydroxylation is 2. The summed E-state index contributed by atoms with van der Waals surface area (Å²) in [6.45, 7) is 4.67. The molecule has 2 aromatic rings. The summed E-state index contributed by atoms with van der Waals surface area (Å²) in [5.74, 6) is -0.996. The average Bonchev–Trinajstić information content (AvgIpc) is 2.72. The molecule has 0 radical (unpaired) electrons. The normalized spacial score (nSPS) is 10.5. The first-order valence-electron chi connectivity index (χ1n) is 5.39. The number of aromatic nitrogens is 2. The van der Waals surface area contributed by atoms with Gasteiger partial charge in [0, 0.05) is 6.20 Å². The second kappa shape index (κ2) is 4.41. The summed E-state index contributed by atoms with van der Waals surface area (Å²) in [5, 5.41) is 12.8. The minimum absolute atomic E-state index is 0.0790. The highest BCUT2D eigenvalue weighted by Crippen LogP contribution is 2.12. The summed E-state index contributed by atoms with van der Waals surface area (Å²) in [6.07, 6.45) is 1.69. The minimum Gasteiger partial charge on any atom is -0.476 e. The second-order valence-electron chi connectivity index (χ2n) is 4.13. The molecule has 0 spiro atoms. The van der Waals surface area contributed by atoms with E-state index >= 15 is 0 Å². The van der Waals surface area contributed by atoms with Crippen molar-refractivity contribution in [2.24, 2.45) is 0 Å². The molecule has 4 heteroatoms. The molecule has 88 valence electrons. The van der Waals surface area contributed by atoms with Crippen molar-refractivity contribution in [1.29, 1.82) is 0 Å². The summed E-state index contributed by atoms with van der Waals surface area (Å²) in [6, 6.07) is 7.72. The van der Waals surface area contributed by atoms with Gasteiger partial charge < -0.3 is 5.11 Å². The van der Waals surface area contributed by atoms with E-state index in [9.17, 15) is 4.79 Å². The number of carboxylic acid groups (broad SMARTS) is 1. The van der Waals surface area contributed by atoms with Crippen LogP contribution in [0, 0.1) is 13.8 Å². The smallest absolute Gasteiger partial charge is 0.356 e. The third kappa shape index (κ3) is 2.53. The fourth-order valence-electron chi connectivity index (χ4n) is 1.71. The zero-order valence-electron chi connectivity index (χ0n) is 9.84. The second-order valence-corrected chi connectivity index (χ2v) is 4.13. The Morgan fingerprint density at radius 2 is 2.12 bits per heavy atom. The summed E-state index contributed by atoms with van der Waals surface area (Å²) in [4.78, 5) is 10.7. The lowest BCUT2D eigenvalue weighted by Crippen LogP contribution is -2.05. The molecule has 1 aromatic carbocycles. The first-order valence-corrected chi connectivity index (χ1v) is 5.39. The van der Waals surface area contributed by atoms with Gasteiger partial charge >= 0.3 is 5.97 Å². The van der Waals surface area contributed by atoms with E-state index in [1.807, 2.05) is 13.8 Å². The summed E-state index contributed by atoms with van der Waals surface area (Å²) in [7, 11) is 0. The van der Waals surface area contributed by atoms with Gasteiger partial charge in [-0.25, -0.2) is 4.79 Å². The molecule has 0 amide bonds. The molecule has 1 heterocycles. The Hall–Kier alpha value is -2.10. The van der Waals surface area contributed by atoms with Gasteiger partial charge in [-0.15, -0.1) is 0 Å². The van der Waals surface area contributed by atoms with Gasteiger partial charge in [0.15, 0.2) is 5.69 Å². The Bertz CT molecular complexity index is 558. The van der Waals surface area contributed by atoms with Crippen LogP contribution in [0.1, 0.15) is 27.2 Å². The van der Waals surface area contributed by atoms with Gasteiger partial charge in [0.1, 0.15) is 0 Å². The van der Waals surface area contributed by atoms with E-state index in [0.29, 0.717) is 6.54 Å². The van der Waals surface area contributed by atoms with Gasteiger partial charge in [-0.2, -0.15) is 5.10 Å². The number of benzene rings is 1. The van der Waals surface area contributed by atoms with Crippen molar-refractivity contribution < 1.29 is 9.90 Å². The van der Waals surface area contributed by atoms with Gasteiger partial charge in [-0.05, 0) is 31.0 Å². The largest absolute Gasteiger partial charge is 0.476 e. The van der Waals surface area contributed by atoms with Crippen LogP contribution in [0.5, 0.6) is 0 Å². The Morgan fingerprint density at radius 3 is 2.76 bits per heavy atom. The first kappa shape index (κ1) is 11.4. The van der Waals surface area contributed by atoms with Crippen LogP contribution < -0.4 is 0 Å². The summed E-state index contributed by atoms with van der Waals surface area (Å²) < 4.78 is 1.64. The van der Waals surface area contributed by atoms with Crippen molar-refractivity contribution in [1.82, 2.24) is 9.78 Å². The number of rotatable bonds is 3. The van der Waals surface area contributed by atoms with Crippen LogP contribution in [-0.2, 0) is 6.54 Å². The quantitative estimate of drug-likeness (QED) is 0.879. The van der Waals surface area contributed by atoms with Gasteiger partial charge in [-0.1, -0.05) is 23.8 Å². The predicted octanol–water partition coefficient (Wildman–Crippen LogP) is 2.25. The van der Waals surface area contributed by atoms with Gasteiger partial charge in [0.05, 0.1) is 6.54 Å². The van der Waals surface area contributed by atoms with Crippen molar-refractivity contribution in [2.75, 3.05) is 0 Å². The highest BCUT2D eigenvalue weighted by molar-refractivity contribution is 5.85. The van der Waals surface area contributed by atoms with Crippen LogP contribution in [0.15, 0.2) is 30.5 Å². The van der Waals surface area contributed by atoms with Crippen molar-refractivity contribution in [3.05, 3.63) is 52.8 Å². The standard InChI is InChI=1S/C13H14N2O2/c1-9-3-4-10(2)11(7-9)8-15-6-5-12(14-15)13(16)17/h3-7H,8H2,1-2H3,(H,16,17). The van der Waals surface area contributed by atoms with Crippen LogP contribution in [-0.4, -0.2) is 20.9 Å². The third-order valence-corrected chi connectivity index (χ3v) is 2.70. The molecule has 1 aromatic heterocycles. The molecule has 4 nitrogen and oxygen atoms in total. The lowest BCUT2D eigenvalue weighted by atomic mass is 10.1. The van der Waals surface area contributed by atoms with E-state index < -0.39 is 5.97 Å². The number of hydrogen-bond acceptors (Lipinski definition) is 2. The maximum atomic E-state index is 10.7. The summed E-state index contributed by atoms with van der Waals surface area (Å²) >= 11 is 0. The molecule has 0 aliphatic heterocycles. The molecular formula is C13H14N2O2. The van der Waals surface area contributed by atoms with E-state index in [-0.39, 0.29) is 5.69 Å². The van der Waals surface area contributed by atoms with Crippen molar-refractivity contribution in [3.63, 3.8) is 0 Å². The zero-order valence-corrected chi connectivity index (χ0v) is 9.84. The van der Waals surface area contributed by atoms with Gasteiger partial charge in [0.25, 0.3) is 0 Å². The number of aromatic carboxylic acids is 1. The molecule has 0 bridgehead atoms. The van der Waals surface area contributed by atoms with Crippen LogP contribution >= 0.6 is 0 Å². The van der Waals surface area contributed by atoms with E-state index in [1.165, 1.54) is 17.2 Å².